The maximum atomic E-state index is 13.2. The third-order valence-electron chi connectivity index (χ3n) is 6.85. The summed E-state index contributed by atoms with van der Waals surface area (Å²) in [5, 5.41) is 0.135. The van der Waals surface area contributed by atoms with Crippen LogP contribution in [0.3, 0.4) is 0 Å². The van der Waals surface area contributed by atoms with E-state index >= 15 is 0 Å². The van der Waals surface area contributed by atoms with Crippen LogP contribution in [0.2, 0.25) is 5.02 Å². The van der Waals surface area contributed by atoms with E-state index in [-0.39, 0.29) is 10.8 Å². The van der Waals surface area contributed by atoms with Crippen LogP contribution >= 0.6 is 11.6 Å². The molecule has 0 aliphatic heterocycles. The molecule has 0 unspecified atom stereocenters. The van der Waals surface area contributed by atoms with Gasteiger partial charge in [-0.1, -0.05) is 36.9 Å². The zero-order valence-corrected chi connectivity index (χ0v) is 17.2. The molecular formula is C24H34ClFO. The van der Waals surface area contributed by atoms with E-state index in [0.717, 1.165) is 24.4 Å². The molecule has 1 aromatic rings. The fraction of sp³-hybridized carbons (Fsp3) is 0.667. The van der Waals surface area contributed by atoms with Crippen molar-refractivity contribution in [1.29, 1.82) is 0 Å². The van der Waals surface area contributed by atoms with Crippen molar-refractivity contribution in [3.63, 3.8) is 0 Å². The van der Waals surface area contributed by atoms with Gasteiger partial charge in [-0.05, 0) is 87.2 Å². The van der Waals surface area contributed by atoms with Gasteiger partial charge in [-0.25, -0.2) is 4.39 Å². The number of rotatable bonds is 8. The number of allylic oxidation sites excluding steroid dienone is 1. The Morgan fingerprint density at radius 2 is 1.63 bits per heavy atom. The number of unbranched alkanes of at least 4 members (excludes halogenated alkanes) is 1. The Balaban J connectivity index is 1.34. The minimum absolute atomic E-state index is 0.135. The molecule has 150 valence electrons. The lowest BCUT2D eigenvalue weighted by molar-refractivity contribution is 0.121. The third kappa shape index (κ3) is 6.24. The Bertz CT molecular complexity index is 586. The first-order valence-corrected chi connectivity index (χ1v) is 11.2. The molecule has 2 saturated carbocycles. The smallest absolute Gasteiger partial charge is 0.142 e. The van der Waals surface area contributed by atoms with Crippen molar-refractivity contribution >= 4 is 11.6 Å². The highest BCUT2D eigenvalue weighted by molar-refractivity contribution is 6.30. The van der Waals surface area contributed by atoms with E-state index in [2.05, 4.69) is 12.7 Å². The molecule has 1 aromatic carbocycles. The first-order chi connectivity index (χ1) is 13.2. The largest absolute Gasteiger partial charge is 0.493 e. The van der Waals surface area contributed by atoms with Gasteiger partial charge in [-0.2, -0.15) is 0 Å². The van der Waals surface area contributed by atoms with E-state index < -0.39 is 0 Å². The zero-order valence-electron chi connectivity index (χ0n) is 16.5. The predicted molar refractivity (Wildman–Crippen MR) is 112 cm³/mol. The standard InChI is InChI=1S/C24H34ClFO/c1-2-3-4-5-18-6-10-20(11-7-18)21-12-8-19(9-13-21)17-27-22-14-15-24(26)23(25)16-22/h2,14-16,18-21H,1,3-13,17H2/t18-,19-,20-,21-. The molecule has 0 bridgehead atoms. The highest BCUT2D eigenvalue weighted by Gasteiger charge is 2.30. The van der Waals surface area contributed by atoms with E-state index in [1.165, 1.54) is 76.7 Å². The Kier molecular flexibility index (Phi) is 8.06. The van der Waals surface area contributed by atoms with Crippen LogP contribution in [0.25, 0.3) is 0 Å². The molecule has 0 radical (unpaired) electrons. The molecule has 0 spiro atoms. The van der Waals surface area contributed by atoms with Gasteiger partial charge in [0.2, 0.25) is 0 Å². The van der Waals surface area contributed by atoms with Gasteiger partial charge in [-0.15, -0.1) is 6.58 Å². The second-order valence-electron chi connectivity index (χ2n) is 8.67. The van der Waals surface area contributed by atoms with Crippen LogP contribution < -0.4 is 4.74 Å². The van der Waals surface area contributed by atoms with Crippen LogP contribution in [0.1, 0.15) is 70.6 Å². The summed E-state index contributed by atoms with van der Waals surface area (Å²) in [6.45, 7) is 4.56. The van der Waals surface area contributed by atoms with Crippen molar-refractivity contribution in [2.75, 3.05) is 6.61 Å². The summed E-state index contributed by atoms with van der Waals surface area (Å²) >= 11 is 5.83. The average Bonchev–Trinajstić information content (AvgIpc) is 2.70. The van der Waals surface area contributed by atoms with Gasteiger partial charge >= 0.3 is 0 Å². The van der Waals surface area contributed by atoms with Crippen molar-refractivity contribution in [2.45, 2.75) is 70.6 Å². The number of hydrogen-bond acceptors (Lipinski definition) is 1. The first kappa shape index (κ1) is 20.7. The fourth-order valence-electron chi connectivity index (χ4n) is 5.11. The van der Waals surface area contributed by atoms with Crippen molar-refractivity contribution in [1.82, 2.24) is 0 Å². The Morgan fingerprint density at radius 3 is 2.22 bits per heavy atom. The summed E-state index contributed by atoms with van der Waals surface area (Å²) in [7, 11) is 0. The molecule has 0 atom stereocenters. The molecule has 2 fully saturated rings. The topological polar surface area (TPSA) is 9.23 Å². The molecule has 0 saturated heterocycles. The molecule has 0 N–H and O–H groups in total. The second-order valence-corrected chi connectivity index (χ2v) is 9.08. The minimum Gasteiger partial charge on any atom is -0.493 e. The molecule has 0 amide bonds. The maximum absolute atomic E-state index is 13.2. The lowest BCUT2D eigenvalue weighted by atomic mass is 9.69. The highest BCUT2D eigenvalue weighted by atomic mass is 35.5. The summed E-state index contributed by atoms with van der Waals surface area (Å²) in [6.07, 6.45) is 16.9. The summed E-state index contributed by atoms with van der Waals surface area (Å²) < 4.78 is 19.1. The lowest BCUT2D eigenvalue weighted by Gasteiger charge is -2.38. The first-order valence-electron chi connectivity index (χ1n) is 10.8. The van der Waals surface area contributed by atoms with Crippen LogP contribution in [0.4, 0.5) is 4.39 Å². The summed E-state index contributed by atoms with van der Waals surface area (Å²) in [5.41, 5.74) is 0. The van der Waals surface area contributed by atoms with E-state index in [1.807, 2.05) is 0 Å². The molecule has 1 nitrogen and oxygen atoms in total. The molecule has 0 aromatic heterocycles. The summed E-state index contributed by atoms with van der Waals surface area (Å²) in [4.78, 5) is 0. The van der Waals surface area contributed by atoms with Gasteiger partial charge < -0.3 is 4.74 Å². The Labute approximate surface area is 169 Å². The van der Waals surface area contributed by atoms with Gasteiger partial charge in [0.15, 0.2) is 0 Å². The van der Waals surface area contributed by atoms with E-state index in [4.69, 9.17) is 16.3 Å². The van der Waals surface area contributed by atoms with E-state index in [0.29, 0.717) is 11.7 Å². The minimum atomic E-state index is -0.389. The molecule has 3 heteroatoms. The summed E-state index contributed by atoms with van der Waals surface area (Å²) in [5.74, 6) is 3.76. The lowest BCUT2D eigenvalue weighted by Crippen LogP contribution is -2.27. The fourth-order valence-corrected chi connectivity index (χ4v) is 5.28. The van der Waals surface area contributed by atoms with Crippen LogP contribution in [0, 0.1) is 29.5 Å². The van der Waals surface area contributed by atoms with Crippen LogP contribution in [-0.4, -0.2) is 6.61 Å². The van der Waals surface area contributed by atoms with Crippen molar-refractivity contribution in [3.8, 4) is 5.75 Å². The van der Waals surface area contributed by atoms with Gasteiger partial charge in [0, 0.05) is 6.07 Å². The van der Waals surface area contributed by atoms with Crippen molar-refractivity contribution in [2.24, 2.45) is 23.7 Å². The zero-order chi connectivity index (χ0) is 19.1. The van der Waals surface area contributed by atoms with Crippen LogP contribution in [0.5, 0.6) is 5.75 Å². The van der Waals surface area contributed by atoms with E-state index in [9.17, 15) is 4.39 Å². The average molecular weight is 393 g/mol. The maximum Gasteiger partial charge on any atom is 0.142 e. The molecular weight excluding hydrogens is 359 g/mol. The van der Waals surface area contributed by atoms with Gasteiger partial charge in [0.1, 0.15) is 11.6 Å². The molecule has 2 aliphatic carbocycles. The van der Waals surface area contributed by atoms with Crippen molar-refractivity contribution in [3.05, 3.63) is 41.7 Å². The predicted octanol–water partition coefficient (Wildman–Crippen LogP) is 7.83. The van der Waals surface area contributed by atoms with Gasteiger partial charge in [0.05, 0.1) is 11.6 Å². The number of hydrogen-bond donors (Lipinski definition) is 0. The quantitative estimate of drug-likeness (QED) is 0.323. The molecule has 0 heterocycles. The SMILES string of the molecule is C=CCCC[C@H]1CC[C@H]([C@H]2CC[C@H](COc3ccc(F)c(Cl)c3)CC2)CC1. The number of ether oxygens (including phenoxy) is 1. The monoisotopic (exact) mass is 392 g/mol. The highest BCUT2D eigenvalue weighted by Crippen LogP contribution is 2.42. The Morgan fingerprint density at radius 1 is 1.00 bits per heavy atom. The van der Waals surface area contributed by atoms with Gasteiger partial charge in [-0.3, -0.25) is 0 Å². The third-order valence-corrected chi connectivity index (χ3v) is 7.14. The Hall–Kier alpha value is -1.02. The van der Waals surface area contributed by atoms with Crippen LogP contribution in [-0.2, 0) is 0 Å². The van der Waals surface area contributed by atoms with E-state index in [1.54, 1.807) is 12.1 Å². The molecule has 3 rings (SSSR count). The second kappa shape index (κ2) is 10.5. The van der Waals surface area contributed by atoms with Crippen molar-refractivity contribution < 1.29 is 9.13 Å². The summed E-state index contributed by atoms with van der Waals surface area (Å²) in [6, 6.07) is 4.62. The van der Waals surface area contributed by atoms with Crippen LogP contribution in [0.15, 0.2) is 30.9 Å². The molecule has 27 heavy (non-hydrogen) atoms. The van der Waals surface area contributed by atoms with Gasteiger partial charge in [0.25, 0.3) is 0 Å². The normalized spacial score (nSPS) is 28.7. The number of benzene rings is 1. The number of halogens is 2. The molecule has 2 aliphatic rings.